The van der Waals surface area contributed by atoms with Crippen molar-refractivity contribution in [2.45, 2.75) is 38.3 Å². The molecule has 1 amide bonds. The van der Waals surface area contributed by atoms with Gasteiger partial charge in [0.05, 0.1) is 6.07 Å². The van der Waals surface area contributed by atoms with E-state index in [2.05, 4.69) is 5.32 Å². The van der Waals surface area contributed by atoms with Gasteiger partial charge in [0.1, 0.15) is 18.0 Å². The van der Waals surface area contributed by atoms with E-state index >= 15 is 0 Å². The number of benzene rings is 2. The molecule has 1 heterocycles. The molecule has 2 aromatic carbocycles. The van der Waals surface area contributed by atoms with Crippen LogP contribution in [-0.4, -0.2) is 30.3 Å². The summed E-state index contributed by atoms with van der Waals surface area (Å²) in [7, 11) is 0. The Morgan fingerprint density at radius 2 is 2.03 bits per heavy atom. The third-order valence-electron chi connectivity index (χ3n) is 4.49. The lowest BCUT2D eigenvalue weighted by molar-refractivity contribution is -0.124. The van der Waals surface area contributed by atoms with E-state index in [-0.39, 0.29) is 24.6 Å². The van der Waals surface area contributed by atoms with Crippen LogP contribution in [0.15, 0.2) is 36.4 Å². The number of hydrogen-bond donors (Lipinski definition) is 1. The maximum Gasteiger partial charge on any atom is 0.259 e. The fraction of sp³-hybridized carbons (Fsp3) is 0.364. The summed E-state index contributed by atoms with van der Waals surface area (Å²) in [6.07, 6.45) is 0.736. The van der Waals surface area contributed by atoms with E-state index in [1.54, 1.807) is 6.07 Å². The summed E-state index contributed by atoms with van der Waals surface area (Å²) in [6.45, 7) is 4.79. The van der Waals surface area contributed by atoms with E-state index in [9.17, 15) is 18.8 Å². The van der Waals surface area contributed by atoms with Crippen LogP contribution in [0.5, 0.6) is 17.2 Å². The van der Waals surface area contributed by atoms with Gasteiger partial charge in [0.15, 0.2) is 35.3 Å². The fourth-order valence-electron chi connectivity index (χ4n) is 3.08. The predicted molar refractivity (Wildman–Crippen MR) is 104 cm³/mol. The molecule has 0 saturated carbocycles. The number of halogens is 2. The molecule has 0 aromatic heterocycles. The van der Waals surface area contributed by atoms with Crippen molar-refractivity contribution in [1.82, 2.24) is 5.32 Å². The number of fused-ring (bicyclic) bond motifs is 1. The zero-order valence-corrected chi connectivity index (χ0v) is 16.9. The largest absolute Gasteiger partial charge is 0.490 e. The number of para-hydroxylation sites is 1. The fourth-order valence-corrected chi connectivity index (χ4v) is 3.08. The van der Waals surface area contributed by atoms with Crippen molar-refractivity contribution in [2.24, 2.45) is 0 Å². The number of rotatable bonds is 7. The van der Waals surface area contributed by atoms with Crippen molar-refractivity contribution in [3.05, 3.63) is 53.6 Å². The second-order valence-corrected chi connectivity index (χ2v) is 7.93. The maximum absolute atomic E-state index is 13.3. The Kier molecular flexibility index (Phi) is 5.83. The van der Waals surface area contributed by atoms with Gasteiger partial charge in [0.25, 0.3) is 5.91 Å². The van der Waals surface area contributed by atoms with Crippen LogP contribution < -0.4 is 19.5 Å². The summed E-state index contributed by atoms with van der Waals surface area (Å²) < 4.78 is 43.1. The first-order valence-corrected chi connectivity index (χ1v) is 9.35. The first-order chi connectivity index (χ1) is 14.1. The van der Waals surface area contributed by atoms with Gasteiger partial charge in [0.2, 0.25) is 0 Å². The molecule has 2 aromatic rings. The molecule has 0 radical (unpaired) electrons. The lowest BCUT2D eigenvalue weighted by Gasteiger charge is -2.23. The number of amides is 1. The van der Waals surface area contributed by atoms with Crippen LogP contribution in [0, 0.1) is 23.0 Å². The minimum Gasteiger partial charge on any atom is -0.490 e. The summed E-state index contributed by atoms with van der Waals surface area (Å²) in [5.74, 6) is -1.51. The highest BCUT2D eigenvalue weighted by atomic mass is 19.2. The Morgan fingerprint density at radius 1 is 1.27 bits per heavy atom. The second kappa shape index (κ2) is 8.19. The van der Waals surface area contributed by atoms with E-state index in [1.807, 2.05) is 32.0 Å². The normalized spacial score (nSPS) is 15.9. The van der Waals surface area contributed by atoms with Crippen molar-refractivity contribution < 1.29 is 27.8 Å². The van der Waals surface area contributed by atoms with Gasteiger partial charge in [-0.2, -0.15) is 5.26 Å². The third kappa shape index (κ3) is 4.98. The molecule has 158 valence electrons. The minimum absolute atomic E-state index is 0.0421. The number of nitrogens with one attached hydrogen (secondary N) is 1. The molecule has 6 nitrogen and oxygen atoms in total. The average molecular weight is 416 g/mol. The van der Waals surface area contributed by atoms with Gasteiger partial charge in [-0.3, -0.25) is 4.79 Å². The number of carbonyl (C=O) groups excluding carboxylic acids is 1. The highest BCUT2D eigenvalue weighted by molar-refractivity contribution is 5.79. The molecule has 1 atom stereocenters. The van der Waals surface area contributed by atoms with Crippen LogP contribution in [0.3, 0.4) is 0 Å². The zero-order chi connectivity index (χ0) is 21.9. The van der Waals surface area contributed by atoms with E-state index in [4.69, 9.17) is 14.2 Å². The van der Waals surface area contributed by atoms with Gasteiger partial charge in [-0.05, 0) is 39.0 Å². The molecule has 0 spiro atoms. The molecular weight excluding hydrogens is 394 g/mol. The molecule has 1 N–H and O–H groups in total. The summed E-state index contributed by atoms with van der Waals surface area (Å²) >= 11 is 0. The van der Waals surface area contributed by atoms with Gasteiger partial charge in [0, 0.05) is 18.1 Å². The number of carbonyl (C=O) groups is 1. The van der Waals surface area contributed by atoms with Crippen molar-refractivity contribution in [2.75, 3.05) is 13.2 Å². The lowest BCUT2D eigenvalue weighted by Crippen LogP contribution is -2.50. The average Bonchev–Trinajstić information content (AvgIpc) is 3.01. The second-order valence-electron chi connectivity index (χ2n) is 7.93. The van der Waals surface area contributed by atoms with E-state index in [1.165, 1.54) is 13.0 Å². The number of ether oxygens (including phenoxy) is 3. The highest BCUT2D eigenvalue weighted by Crippen LogP contribution is 2.41. The quantitative estimate of drug-likeness (QED) is 0.747. The van der Waals surface area contributed by atoms with Crippen LogP contribution in [0.25, 0.3) is 0 Å². The summed E-state index contributed by atoms with van der Waals surface area (Å²) in [5.41, 5.74) is -0.747. The Bertz CT molecular complexity index is 1000. The van der Waals surface area contributed by atoms with Gasteiger partial charge in [-0.25, -0.2) is 8.78 Å². The predicted octanol–water partition coefficient (Wildman–Crippen LogP) is 3.53. The van der Waals surface area contributed by atoms with Crippen molar-refractivity contribution >= 4 is 5.91 Å². The molecule has 0 bridgehead atoms. The molecule has 0 unspecified atom stereocenters. The monoisotopic (exact) mass is 416 g/mol. The highest BCUT2D eigenvalue weighted by Gasteiger charge is 2.33. The van der Waals surface area contributed by atoms with Crippen molar-refractivity contribution in [3.8, 4) is 23.3 Å². The SMILES string of the molecule is CC1(C)Cc2cccc(OCC(=O)N[C@](C)(C#N)COc3ccc(F)c(F)c3)c2O1. The van der Waals surface area contributed by atoms with E-state index < -0.39 is 23.1 Å². The first-order valence-electron chi connectivity index (χ1n) is 9.35. The smallest absolute Gasteiger partial charge is 0.259 e. The first kappa shape index (κ1) is 21.4. The number of nitriles is 1. The molecule has 0 fully saturated rings. The minimum atomic E-state index is -1.40. The molecule has 1 aliphatic rings. The van der Waals surface area contributed by atoms with Crippen LogP contribution in [0.4, 0.5) is 8.78 Å². The molecule has 0 aliphatic carbocycles. The van der Waals surface area contributed by atoms with Crippen molar-refractivity contribution in [3.63, 3.8) is 0 Å². The summed E-state index contributed by atoms with van der Waals surface area (Å²) in [6, 6.07) is 10.5. The zero-order valence-electron chi connectivity index (χ0n) is 16.9. The summed E-state index contributed by atoms with van der Waals surface area (Å²) in [4.78, 5) is 12.3. The molecule has 1 aliphatic heterocycles. The third-order valence-corrected chi connectivity index (χ3v) is 4.49. The standard InChI is InChI=1S/C22H22F2N2O4/c1-21(2)10-14-5-4-6-18(20(14)30-21)28-11-19(27)26-22(3,12-25)13-29-15-7-8-16(23)17(24)9-15/h4-9H,10-11,13H2,1-3H3,(H,26,27)/t22-/m1/s1. The molecule has 3 rings (SSSR count). The lowest BCUT2D eigenvalue weighted by atomic mass is 10.0. The van der Waals surface area contributed by atoms with E-state index in [0.29, 0.717) is 11.5 Å². The Labute approximate surface area is 173 Å². The Morgan fingerprint density at radius 3 is 2.73 bits per heavy atom. The van der Waals surface area contributed by atoms with Crippen LogP contribution >= 0.6 is 0 Å². The Hall–Kier alpha value is -3.34. The maximum atomic E-state index is 13.3. The van der Waals surface area contributed by atoms with Gasteiger partial charge < -0.3 is 19.5 Å². The molecule has 30 heavy (non-hydrogen) atoms. The molecule has 8 heteroatoms. The topological polar surface area (TPSA) is 80.6 Å². The number of nitrogens with zero attached hydrogens (tertiary/aromatic N) is 1. The van der Waals surface area contributed by atoms with Crippen LogP contribution in [-0.2, 0) is 11.2 Å². The number of hydrogen-bond acceptors (Lipinski definition) is 5. The van der Waals surface area contributed by atoms with Crippen LogP contribution in [0.2, 0.25) is 0 Å². The Balaban J connectivity index is 1.57. The van der Waals surface area contributed by atoms with Gasteiger partial charge in [-0.1, -0.05) is 12.1 Å². The van der Waals surface area contributed by atoms with E-state index in [0.717, 1.165) is 24.1 Å². The van der Waals surface area contributed by atoms with Gasteiger partial charge in [-0.15, -0.1) is 0 Å². The molecule has 0 saturated heterocycles. The summed E-state index contributed by atoms with van der Waals surface area (Å²) in [5, 5.41) is 12.0. The van der Waals surface area contributed by atoms with Gasteiger partial charge >= 0.3 is 0 Å². The molecular formula is C22H22F2N2O4. The van der Waals surface area contributed by atoms with Crippen molar-refractivity contribution in [1.29, 1.82) is 5.26 Å². The van der Waals surface area contributed by atoms with Crippen LogP contribution in [0.1, 0.15) is 26.3 Å².